The Morgan fingerprint density at radius 2 is 1.87 bits per heavy atom. The van der Waals surface area contributed by atoms with Gasteiger partial charge in [-0.2, -0.15) is 0 Å². The fourth-order valence-electron chi connectivity index (χ4n) is 0.903. The number of nitrogens with one attached hydrogen (secondary N) is 2. The van der Waals surface area contributed by atoms with Crippen molar-refractivity contribution in [2.45, 2.75) is 4.90 Å². The second-order valence-corrected chi connectivity index (χ2v) is 4.69. The van der Waals surface area contributed by atoms with Crippen LogP contribution in [0.15, 0.2) is 29.2 Å². The number of nitrogens with two attached hydrogens (primary N) is 2. The molecule has 1 aromatic rings. The molecule has 0 amide bonds. The number of rotatable bonds is 4. The summed E-state index contributed by atoms with van der Waals surface area (Å²) in [5, 5.41) is 6.90. The van der Waals surface area contributed by atoms with Crippen LogP contribution in [0.2, 0.25) is 0 Å². The lowest BCUT2D eigenvalue weighted by Gasteiger charge is -2.05. The Morgan fingerprint density at radius 1 is 1.33 bits per heavy atom. The van der Waals surface area contributed by atoms with Gasteiger partial charge < -0.3 is 11.5 Å². The number of sulfonamides is 1. The van der Waals surface area contributed by atoms with Crippen molar-refractivity contribution in [3.05, 3.63) is 24.3 Å². The fourth-order valence-corrected chi connectivity index (χ4v) is 1.91. The third-order valence-corrected chi connectivity index (χ3v) is 3.06. The first-order chi connectivity index (χ1) is 6.92. The Labute approximate surface area is 87.8 Å². The minimum absolute atomic E-state index is 0.0953. The highest BCUT2D eigenvalue weighted by Crippen LogP contribution is 2.10. The lowest BCUT2D eigenvalue weighted by Crippen LogP contribution is -2.32. The Balaban J connectivity index is 2.87. The SMILES string of the molecule is N=C(N)CNS(=O)(=O)c1ccc(N)cc1. The molecule has 1 rings (SSSR count). The molecule has 0 heterocycles. The van der Waals surface area contributed by atoms with Crippen LogP contribution in [0.4, 0.5) is 5.69 Å². The van der Waals surface area contributed by atoms with E-state index in [1.54, 1.807) is 0 Å². The summed E-state index contributed by atoms with van der Waals surface area (Å²) < 4.78 is 25.3. The van der Waals surface area contributed by atoms with Crippen LogP contribution in [0, 0.1) is 5.41 Å². The lowest BCUT2D eigenvalue weighted by molar-refractivity contribution is 0.586. The van der Waals surface area contributed by atoms with Crippen LogP contribution in [0.3, 0.4) is 0 Å². The number of amidine groups is 1. The van der Waals surface area contributed by atoms with Crippen LogP contribution >= 0.6 is 0 Å². The Hall–Kier alpha value is -1.60. The van der Waals surface area contributed by atoms with E-state index in [0.717, 1.165) is 0 Å². The summed E-state index contributed by atoms with van der Waals surface area (Å²) in [5.74, 6) is -0.242. The number of hydrogen-bond acceptors (Lipinski definition) is 4. The third-order valence-electron chi connectivity index (χ3n) is 1.64. The summed E-state index contributed by atoms with van der Waals surface area (Å²) in [6.45, 7) is -0.202. The number of nitrogen functional groups attached to an aromatic ring is 1. The molecule has 0 aliphatic heterocycles. The van der Waals surface area contributed by atoms with E-state index in [4.69, 9.17) is 16.9 Å². The lowest BCUT2D eigenvalue weighted by atomic mass is 10.3. The molecule has 7 heteroatoms. The van der Waals surface area contributed by atoms with E-state index < -0.39 is 10.0 Å². The molecule has 82 valence electrons. The summed E-state index contributed by atoms with van der Waals surface area (Å²) >= 11 is 0. The molecule has 0 aromatic heterocycles. The van der Waals surface area contributed by atoms with Gasteiger partial charge in [-0.3, -0.25) is 5.41 Å². The Morgan fingerprint density at radius 3 is 2.33 bits per heavy atom. The van der Waals surface area contributed by atoms with Crippen LogP contribution in [0.25, 0.3) is 0 Å². The standard InChI is InChI=1S/C8H12N4O2S/c9-6-1-3-7(4-2-6)15(13,14)12-5-8(10)11/h1-4,12H,5,9H2,(H3,10,11). The number of anilines is 1. The molecular weight excluding hydrogens is 216 g/mol. The van der Waals surface area contributed by atoms with Gasteiger partial charge in [0, 0.05) is 5.69 Å². The van der Waals surface area contributed by atoms with Gasteiger partial charge in [-0.1, -0.05) is 0 Å². The zero-order valence-corrected chi connectivity index (χ0v) is 8.71. The first kappa shape index (κ1) is 11.5. The highest BCUT2D eigenvalue weighted by molar-refractivity contribution is 7.89. The molecule has 0 radical (unpaired) electrons. The summed E-state index contributed by atoms with van der Waals surface area (Å²) in [6.07, 6.45) is 0. The van der Waals surface area contributed by atoms with Crippen LogP contribution < -0.4 is 16.2 Å². The molecule has 6 N–H and O–H groups in total. The topological polar surface area (TPSA) is 122 Å². The average Bonchev–Trinajstić information content (AvgIpc) is 2.16. The molecule has 0 saturated heterocycles. The van der Waals surface area contributed by atoms with Crippen LogP contribution in [-0.4, -0.2) is 20.8 Å². The highest BCUT2D eigenvalue weighted by Gasteiger charge is 2.12. The summed E-state index contributed by atoms with van der Waals surface area (Å²) in [4.78, 5) is 0.0953. The van der Waals surface area contributed by atoms with Crippen molar-refractivity contribution in [1.29, 1.82) is 5.41 Å². The molecule has 0 saturated carbocycles. The molecule has 0 fully saturated rings. The van der Waals surface area contributed by atoms with Gasteiger partial charge in [0.2, 0.25) is 10.0 Å². The van der Waals surface area contributed by atoms with E-state index in [1.807, 2.05) is 0 Å². The van der Waals surface area contributed by atoms with Crippen molar-refractivity contribution in [2.24, 2.45) is 5.73 Å². The van der Waals surface area contributed by atoms with Crippen molar-refractivity contribution < 1.29 is 8.42 Å². The zero-order chi connectivity index (χ0) is 11.5. The maximum atomic E-state index is 11.5. The van der Waals surface area contributed by atoms with E-state index in [9.17, 15) is 8.42 Å². The van der Waals surface area contributed by atoms with Crippen LogP contribution in [-0.2, 0) is 10.0 Å². The molecule has 0 aliphatic rings. The van der Waals surface area contributed by atoms with Gasteiger partial charge in [0.25, 0.3) is 0 Å². The van der Waals surface area contributed by atoms with Gasteiger partial charge in [-0.05, 0) is 24.3 Å². The predicted octanol–water partition coefficient (Wildman–Crippen LogP) is -0.517. The van der Waals surface area contributed by atoms with Gasteiger partial charge in [0.05, 0.1) is 11.4 Å². The smallest absolute Gasteiger partial charge is 0.240 e. The Bertz CT molecular complexity index is 452. The molecular formula is C8H12N4O2S. The molecule has 15 heavy (non-hydrogen) atoms. The first-order valence-electron chi connectivity index (χ1n) is 4.10. The van der Waals surface area contributed by atoms with Gasteiger partial charge in [0.1, 0.15) is 5.84 Å². The van der Waals surface area contributed by atoms with Crippen molar-refractivity contribution >= 4 is 21.5 Å². The zero-order valence-electron chi connectivity index (χ0n) is 7.90. The summed E-state index contributed by atoms with van der Waals surface area (Å²) in [6, 6.07) is 5.75. The summed E-state index contributed by atoms with van der Waals surface area (Å²) in [7, 11) is -3.60. The number of benzene rings is 1. The minimum atomic E-state index is -3.60. The van der Waals surface area contributed by atoms with Crippen LogP contribution in [0.1, 0.15) is 0 Å². The maximum absolute atomic E-state index is 11.5. The van der Waals surface area contributed by atoms with E-state index in [-0.39, 0.29) is 17.3 Å². The molecule has 0 atom stereocenters. The molecule has 0 aliphatic carbocycles. The Kier molecular flexibility index (Phi) is 3.28. The first-order valence-corrected chi connectivity index (χ1v) is 5.58. The quantitative estimate of drug-likeness (QED) is 0.314. The largest absolute Gasteiger partial charge is 0.399 e. The molecule has 6 nitrogen and oxygen atoms in total. The third kappa shape index (κ3) is 3.22. The average molecular weight is 228 g/mol. The van der Waals surface area contributed by atoms with E-state index in [1.165, 1.54) is 24.3 Å². The van der Waals surface area contributed by atoms with E-state index in [2.05, 4.69) is 4.72 Å². The summed E-state index contributed by atoms with van der Waals surface area (Å²) in [5.41, 5.74) is 10.9. The fraction of sp³-hybridized carbons (Fsp3) is 0.125. The van der Waals surface area contributed by atoms with Crippen molar-refractivity contribution in [2.75, 3.05) is 12.3 Å². The van der Waals surface area contributed by atoms with Gasteiger partial charge in [-0.25, -0.2) is 13.1 Å². The van der Waals surface area contributed by atoms with Gasteiger partial charge in [0.15, 0.2) is 0 Å². The second-order valence-electron chi connectivity index (χ2n) is 2.92. The van der Waals surface area contributed by atoms with Gasteiger partial charge >= 0.3 is 0 Å². The second kappa shape index (κ2) is 4.28. The monoisotopic (exact) mass is 228 g/mol. The van der Waals surface area contributed by atoms with Crippen LogP contribution in [0.5, 0.6) is 0 Å². The molecule has 0 unspecified atom stereocenters. The van der Waals surface area contributed by atoms with E-state index >= 15 is 0 Å². The number of hydrogen-bond donors (Lipinski definition) is 4. The molecule has 1 aromatic carbocycles. The molecule has 0 spiro atoms. The predicted molar refractivity (Wildman–Crippen MR) is 58.0 cm³/mol. The van der Waals surface area contributed by atoms with Crippen molar-refractivity contribution in [1.82, 2.24) is 4.72 Å². The normalized spacial score (nSPS) is 11.2. The van der Waals surface area contributed by atoms with Gasteiger partial charge in [-0.15, -0.1) is 0 Å². The van der Waals surface area contributed by atoms with Crippen molar-refractivity contribution in [3.63, 3.8) is 0 Å². The van der Waals surface area contributed by atoms with E-state index in [0.29, 0.717) is 5.69 Å². The maximum Gasteiger partial charge on any atom is 0.240 e. The van der Waals surface area contributed by atoms with Crippen molar-refractivity contribution in [3.8, 4) is 0 Å². The highest BCUT2D eigenvalue weighted by atomic mass is 32.2. The minimum Gasteiger partial charge on any atom is -0.399 e. The molecule has 0 bridgehead atoms.